The molecule has 11 heteroatoms. The molecular weight excluding hydrogens is 761 g/mol. The first-order valence-corrected chi connectivity index (χ1v) is 20.2. The molecule has 3 N–H and O–H groups in total. The van der Waals surface area contributed by atoms with E-state index in [0.29, 0.717) is 28.7 Å². The number of nitrogens with zero attached hydrogens (tertiary/aromatic N) is 2. The predicted octanol–water partition coefficient (Wildman–Crippen LogP) is 9.13. The second-order valence-electron chi connectivity index (χ2n) is 15.0. The summed E-state index contributed by atoms with van der Waals surface area (Å²) in [5.74, 6) is -0.751. The van der Waals surface area contributed by atoms with E-state index in [1.807, 2.05) is 84.9 Å². The summed E-state index contributed by atoms with van der Waals surface area (Å²) in [6.45, 7) is 0.584. The van der Waals surface area contributed by atoms with Crippen LogP contribution in [0, 0.1) is 0 Å². The van der Waals surface area contributed by atoms with Crippen LogP contribution in [0.15, 0.2) is 109 Å². The number of halogens is 2. The van der Waals surface area contributed by atoms with Gasteiger partial charge in [-0.3, -0.25) is 9.59 Å². The average molecular weight is 801 g/mol. The van der Waals surface area contributed by atoms with Crippen molar-refractivity contribution in [1.29, 1.82) is 0 Å². The summed E-state index contributed by atoms with van der Waals surface area (Å²) in [6, 6.07) is 33.0. The Morgan fingerprint density at radius 2 is 1.16 bits per heavy atom. The zero-order valence-electron chi connectivity index (χ0n) is 30.8. The molecule has 3 atom stereocenters. The lowest BCUT2D eigenvalue weighted by atomic mass is 9.95. The minimum Gasteiger partial charge on any atom is -0.507 e. The van der Waals surface area contributed by atoms with Gasteiger partial charge in [-0.15, -0.1) is 23.2 Å². The molecule has 0 fully saturated rings. The minimum atomic E-state index is -1.17. The number of hydrogen-bond donors (Lipinski definition) is 3. The number of rotatable bonds is 9. The standard InChI is InChI=1S/C46H39Cl2N3O6/c47-21-26-23-50(38-19-40(52)32-13-5-7-15-34(32)43(26)38)42(54)18-17-37(45(55)51-24-27(22-48)44-35-16-8-6-14-33(35)41(53)20-39(44)51)49-46(56)57-25-36-30-11-3-1-9-28(30)29-10-2-4-12-31(29)36/h1-16,19-20,26-27,36-37,52-53H,17-18,21-25H2,(H,49,56). The van der Waals surface area contributed by atoms with Crippen LogP contribution in [-0.4, -0.2) is 65.6 Å². The van der Waals surface area contributed by atoms with Crippen LogP contribution in [0.2, 0.25) is 0 Å². The maximum atomic E-state index is 14.7. The fourth-order valence-corrected chi connectivity index (χ4v) is 9.68. The molecule has 0 saturated heterocycles. The van der Waals surface area contributed by atoms with E-state index in [1.165, 1.54) is 0 Å². The zero-order chi connectivity index (χ0) is 39.4. The first kappa shape index (κ1) is 36.8. The van der Waals surface area contributed by atoms with Gasteiger partial charge in [0.15, 0.2) is 0 Å². The Morgan fingerprint density at radius 3 is 1.70 bits per heavy atom. The lowest BCUT2D eigenvalue weighted by Gasteiger charge is -2.26. The number of aromatic hydroxyl groups is 2. The highest BCUT2D eigenvalue weighted by molar-refractivity contribution is 6.19. The van der Waals surface area contributed by atoms with E-state index in [4.69, 9.17) is 27.9 Å². The molecule has 0 bridgehead atoms. The van der Waals surface area contributed by atoms with Crippen molar-refractivity contribution in [3.05, 3.63) is 131 Å². The SMILES string of the molecule is O=C(NC(CCC(=O)N1CC(CCl)c2c1cc(O)c1ccccc21)C(=O)N1CC(CCl)c2c1cc(O)c1ccccc21)OCC1c2ccccc2-c2ccccc21. The molecule has 57 heavy (non-hydrogen) atoms. The predicted molar refractivity (Wildman–Crippen MR) is 224 cm³/mol. The van der Waals surface area contributed by atoms with Crippen molar-refractivity contribution in [2.24, 2.45) is 0 Å². The molecule has 288 valence electrons. The fourth-order valence-electron chi connectivity index (χ4n) is 9.18. The first-order valence-electron chi connectivity index (χ1n) is 19.1. The van der Waals surface area contributed by atoms with Crippen molar-refractivity contribution in [2.45, 2.75) is 36.6 Å². The molecule has 1 aliphatic carbocycles. The molecule has 0 saturated carbocycles. The number of amides is 3. The molecule has 2 aliphatic heterocycles. The molecule has 9 rings (SSSR count). The Kier molecular flexibility index (Phi) is 9.67. The quantitative estimate of drug-likeness (QED) is 0.126. The number of benzene rings is 6. The fraction of sp³-hybridized carbons (Fsp3) is 0.239. The van der Waals surface area contributed by atoms with Gasteiger partial charge in [0.25, 0.3) is 0 Å². The number of phenols is 2. The molecule has 0 aromatic heterocycles. The van der Waals surface area contributed by atoms with E-state index in [-0.39, 0.29) is 72.9 Å². The minimum absolute atomic E-state index is 0.0194. The van der Waals surface area contributed by atoms with Gasteiger partial charge < -0.3 is 30.1 Å². The molecular formula is C46H39Cl2N3O6. The first-order chi connectivity index (χ1) is 27.8. The van der Waals surface area contributed by atoms with E-state index in [1.54, 1.807) is 21.9 Å². The summed E-state index contributed by atoms with van der Waals surface area (Å²) in [6.07, 6.45) is -0.942. The van der Waals surface area contributed by atoms with Crippen molar-refractivity contribution < 1.29 is 29.3 Å². The van der Waals surface area contributed by atoms with Gasteiger partial charge in [0, 0.05) is 71.9 Å². The zero-order valence-corrected chi connectivity index (χ0v) is 32.3. The largest absolute Gasteiger partial charge is 0.507 e. The monoisotopic (exact) mass is 799 g/mol. The van der Waals surface area contributed by atoms with Crippen molar-refractivity contribution in [1.82, 2.24) is 5.32 Å². The Hall–Kier alpha value is -5.77. The van der Waals surface area contributed by atoms with Gasteiger partial charge in [-0.25, -0.2) is 4.79 Å². The summed E-state index contributed by atoms with van der Waals surface area (Å²) in [5, 5.41) is 27.8. The third-order valence-electron chi connectivity index (χ3n) is 11.8. The maximum absolute atomic E-state index is 14.7. The number of alkyl carbamates (subject to hydrolysis) is 1. The number of anilines is 2. The van der Waals surface area contributed by atoms with Crippen molar-refractivity contribution in [3.63, 3.8) is 0 Å². The molecule has 9 nitrogen and oxygen atoms in total. The van der Waals surface area contributed by atoms with Gasteiger partial charge in [-0.1, -0.05) is 97.1 Å². The van der Waals surface area contributed by atoms with Crippen molar-refractivity contribution in [3.8, 4) is 22.6 Å². The molecule has 3 unspecified atom stereocenters. The van der Waals surface area contributed by atoms with E-state index >= 15 is 0 Å². The summed E-state index contributed by atoms with van der Waals surface area (Å²) >= 11 is 13.0. The maximum Gasteiger partial charge on any atom is 0.407 e. The number of carbonyl (C=O) groups excluding carboxylic acids is 3. The van der Waals surface area contributed by atoms with Gasteiger partial charge in [0.05, 0.1) is 11.4 Å². The molecule has 2 heterocycles. The second kappa shape index (κ2) is 15.0. The van der Waals surface area contributed by atoms with Crippen LogP contribution in [0.4, 0.5) is 16.2 Å². The number of fused-ring (bicyclic) bond motifs is 9. The van der Waals surface area contributed by atoms with E-state index < -0.39 is 18.0 Å². The highest BCUT2D eigenvalue weighted by atomic mass is 35.5. The van der Waals surface area contributed by atoms with Crippen LogP contribution in [0.3, 0.4) is 0 Å². The van der Waals surface area contributed by atoms with Crippen LogP contribution in [0.5, 0.6) is 11.5 Å². The summed E-state index contributed by atoms with van der Waals surface area (Å²) < 4.78 is 5.89. The van der Waals surface area contributed by atoms with Crippen LogP contribution in [0.1, 0.15) is 52.8 Å². The van der Waals surface area contributed by atoms with Gasteiger partial charge in [0.1, 0.15) is 24.1 Å². The number of hydrogen-bond acceptors (Lipinski definition) is 6. The van der Waals surface area contributed by atoms with Crippen LogP contribution < -0.4 is 15.1 Å². The number of alkyl halides is 2. The van der Waals surface area contributed by atoms with Crippen LogP contribution >= 0.6 is 23.2 Å². The van der Waals surface area contributed by atoms with Crippen LogP contribution in [-0.2, 0) is 14.3 Å². The molecule has 0 radical (unpaired) electrons. The van der Waals surface area contributed by atoms with E-state index in [9.17, 15) is 24.6 Å². The van der Waals surface area contributed by atoms with Crippen LogP contribution in [0.25, 0.3) is 32.7 Å². The van der Waals surface area contributed by atoms with Crippen molar-refractivity contribution in [2.75, 3.05) is 41.3 Å². The summed E-state index contributed by atoms with van der Waals surface area (Å²) in [7, 11) is 0. The van der Waals surface area contributed by atoms with Gasteiger partial charge in [-0.05, 0) is 50.6 Å². The van der Waals surface area contributed by atoms with E-state index in [2.05, 4.69) is 17.4 Å². The van der Waals surface area contributed by atoms with Gasteiger partial charge >= 0.3 is 6.09 Å². The van der Waals surface area contributed by atoms with Crippen molar-refractivity contribution >= 4 is 74.0 Å². The number of nitrogens with one attached hydrogen (secondary N) is 1. The molecule has 0 spiro atoms. The highest BCUT2D eigenvalue weighted by Gasteiger charge is 2.40. The lowest BCUT2D eigenvalue weighted by Crippen LogP contribution is -2.49. The summed E-state index contributed by atoms with van der Waals surface area (Å²) in [5.41, 5.74) is 7.11. The Labute approximate surface area is 339 Å². The Morgan fingerprint density at radius 1 is 0.684 bits per heavy atom. The smallest absolute Gasteiger partial charge is 0.407 e. The molecule has 3 amide bonds. The molecule has 6 aromatic carbocycles. The lowest BCUT2D eigenvalue weighted by molar-refractivity contribution is -0.121. The Balaban J connectivity index is 1.00. The highest BCUT2D eigenvalue weighted by Crippen LogP contribution is 2.48. The molecule has 3 aliphatic rings. The average Bonchev–Trinajstić information content (AvgIpc) is 3.91. The van der Waals surface area contributed by atoms with Gasteiger partial charge in [0.2, 0.25) is 11.8 Å². The van der Waals surface area contributed by atoms with E-state index in [0.717, 1.165) is 44.2 Å². The molecule has 6 aromatic rings. The normalized spacial score (nSPS) is 17.3. The Bertz CT molecular complexity index is 2550. The number of ether oxygens (including phenoxy) is 1. The summed E-state index contributed by atoms with van der Waals surface area (Å²) in [4.78, 5) is 45.8. The third-order valence-corrected chi connectivity index (χ3v) is 12.6. The second-order valence-corrected chi connectivity index (χ2v) is 15.6. The van der Waals surface area contributed by atoms with Gasteiger partial charge in [-0.2, -0.15) is 0 Å². The topological polar surface area (TPSA) is 119 Å². The third kappa shape index (κ3) is 6.30. The number of phenolic OH excluding ortho intramolecular Hbond substituents is 2. The number of carbonyl (C=O) groups is 3.